The summed E-state index contributed by atoms with van der Waals surface area (Å²) in [5.41, 5.74) is 3.25. The van der Waals surface area contributed by atoms with E-state index in [0.29, 0.717) is 5.02 Å². The molecule has 0 fully saturated rings. The van der Waals surface area contributed by atoms with Crippen molar-refractivity contribution in [1.29, 1.82) is 0 Å². The fourth-order valence-corrected chi connectivity index (χ4v) is 4.10. The van der Waals surface area contributed by atoms with Gasteiger partial charge in [-0.05, 0) is 30.2 Å². The summed E-state index contributed by atoms with van der Waals surface area (Å²) in [6, 6.07) is 18.1. The van der Waals surface area contributed by atoms with Crippen molar-refractivity contribution >= 4 is 28.6 Å². The highest BCUT2D eigenvalue weighted by Crippen LogP contribution is 2.22. The van der Waals surface area contributed by atoms with Crippen LogP contribution in [0, 0.1) is 0 Å². The van der Waals surface area contributed by atoms with Crippen LogP contribution in [0.3, 0.4) is 0 Å². The molecule has 0 aliphatic carbocycles. The van der Waals surface area contributed by atoms with E-state index in [2.05, 4.69) is 43.8 Å². The van der Waals surface area contributed by atoms with Crippen molar-refractivity contribution in [2.75, 3.05) is 0 Å². The van der Waals surface area contributed by atoms with Crippen LogP contribution in [-0.4, -0.2) is 14.1 Å². The predicted molar refractivity (Wildman–Crippen MR) is 111 cm³/mol. The summed E-state index contributed by atoms with van der Waals surface area (Å²) in [4.78, 5) is 9.93. The third-order valence-corrected chi connectivity index (χ3v) is 5.36. The lowest BCUT2D eigenvalue weighted by molar-refractivity contribution is 0.559. The van der Waals surface area contributed by atoms with E-state index in [1.807, 2.05) is 49.1 Å². The highest BCUT2D eigenvalue weighted by Gasteiger charge is 2.08. The van der Waals surface area contributed by atoms with Gasteiger partial charge in [0.15, 0.2) is 4.80 Å². The quantitative estimate of drug-likeness (QED) is 0.431. The van der Waals surface area contributed by atoms with Crippen molar-refractivity contribution in [1.82, 2.24) is 14.1 Å². The van der Waals surface area contributed by atoms with Crippen LogP contribution in [0.5, 0.6) is 0 Å². The zero-order chi connectivity index (χ0) is 18.5. The maximum absolute atomic E-state index is 6.12. The molecule has 0 saturated carbocycles. The first kappa shape index (κ1) is 17.8. The van der Waals surface area contributed by atoms with E-state index >= 15 is 0 Å². The first-order chi connectivity index (χ1) is 13.3. The number of benzene rings is 2. The Bertz CT molecular complexity index is 1070. The van der Waals surface area contributed by atoms with Crippen LogP contribution >= 0.6 is 22.9 Å². The van der Waals surface area contributed by atoms with Crippen molar-refractivity contribution in [3.63, 3.8) is 0 Å². The van der Waals surface area contributed by atoms with E-state index in [4.69, 9.17) is 16.6 Å². The van der Waals surface area contributed by atoms with Gasteiger partial charge in [-0.15, -0.1) is 11.3 Å². The van der Waals surface area contributed by atoms with Gasteiger partial charge in [-0.2, -0.15) is 0 Å². The van der Waals surface area contributed by atoms with Crippen molar-refractivity contribution < 1.29 is 0 Å². The number of halogens is 1. The smallest absolute Gasteiger partial charge is 0.190 e. The van der Waals surface area contributed by atoms with E-state index in [-0.39, 0.29) is 0 Å². The van der Waals surface area contributed by atoms with Crippen LogP contribution in [0.1, 0.15) is 6.42 Å². The van der Waals surface area contributed by atoms with Gasteiger partial charge >= 0.3 is 0 Å². The topological polar surface area (TPSA) is 35.1 Å². The zero-order valence-electron chi connectivity index (χ0n) is 14.7. The molecule has 136 valence electrons. The fraction of sp³-hybridized carbons (Fsp3) is 0.143. The molecule has 2 aromatic heterocycles. The molecular weight excluding hydrogens is 376 g/mol. The van der Waals surface area contributed by atoms with E-state index in [9.17, 15) is 0 Å². The molecule has 0 atom stereocenters. The molecule has 0 saturated heterocycles. The molecule has 0 amide bonds. The number of hydrogen-bond donors (Lipinski definition) is 0. The largest absolute Gasteiger partial charge is 0.337 e. The summed E-state index contributed by atoms with van der Waals surface area (Å²) in [5, 5.41) is 2.87. The number of aromatic nitrogens is 3. The molecule has 0 aliphatic heterocycles. The lowest BCUT2D eigenvalue weighted by Crippen LogP contribution is -2.17. The average Bonchev–Trinajstić information content (AvgIpc) is 3.33. The molecule has 2 aromatic carbocycles. The first-order valence-corrected chi connectivity index (χ1v) is 10.1. The minimum absolute atomic E-state index is 0.697. The van der Waals surface area contributed by atoms with E-state index < -0.39 is 0 Å². The lowest BCUT2D eigenvalue weighted by Gasteiger charge is -2.10. The number of aryl methyl sites for hydroxylation is 1. The van der Waals surface area contributed by atoms with Gasteiger partial charge < -0.3 is 9.13 Å². The lowest BCUT2D eigenvalue weighted by atomic mass is 10.2. The van der Waals surface area contributed by atoms with E-state index in [1.165, 1.54) is 11.3 Å². The molecule has 0 bridgehead atoms. The van der Waals surface area contributed by atoms with E-state index in [1.54, 1.807) is 11.3 Å². The normalized spacial score (nSPS) is 11.8. The van der Waals surface area contributed by atoms with Gasteiger partial charge in [0.05, 0.1) is 17.7 Å². The van der Waals surface area contributed by atoms with Crippen molar-refractivity contribution in [2.24, 2.45) is 4.99 Å². The maximum Gasteiger partial charge on any atom is 0.190 e. The van der Waals surface area contributed by atoms with Crippen LogP contribution in [0.2, 0.25) is 5.02 Å². The summed E-state index contributed by atoms with van der Waals surface area (Å²) in [6.45, 7) is 1.80. The Morgan fingerprint density at radius 3 is 2.70 bits per heavy atom. The molecule has 4 nitrogen and oxygen atoms in total. The number of thiazole rings is 1. The second-order valence-corrected chi connectivity index (χ2v) is 7.44. The van der Waals surface area contributed by atoms with Crippen LogP contribution in [0.15, 0.2) is 83.7 Å². The highest BCUT2D eigenvalue weighted by molar-refractivity contribution is 7.07. The predicted octanol–water partition coefficient (Wildman–Crippen LogP) is 5.39. The van der Waals surface area contributed by atoms with Crippen LogP contribution in [0.25, 0.3) is 11.3 Å². The Morgan fingerprint density at radius 1 is 1.04 bits per heavy atom. The summed E-state index contributed by atoms with van der Waals surface area (Å²) in [6.07, 6.45) is 6.66. The molecule has 27 heavy (non-hydrogen) atoms. The molecule has 6 heteroatoms. The Hall–Kier alpha value is -2.63. The third kappa shape index (κ3) is 4.38. The molecular formula is C21H19ClN4S. The van der Waals surface area contributed by atoms with Gasteiger partial charge in [-0.3, -0.25) is 0 Å². The number of rotatable bonds is 6. The standard InChI is InChI=1S/C21H19ClN4S/c22-18-8-4-9-19(14-18)24-21-26(12-5-11-25-13-10-23-16-25)20(15-27-21)17-6-2-1-3-7-17/h1-4,6-10,13-16H,5,11-12H2. The van der Waals surface area contributed by atoms with E-state index in [0.717, 1.165) is 30.0 Å². The fourth-order valence-electron chi connectivity index (χ4n) is 2.96. The minimum atomic E-state index is 0.697. The highest BCUT2D eigenvalue weighted by atomic mass is 35.5. The van der Waals surface area contributed by atoms with Gasteiger partial charge in [-0.25, -0.2) is 9.98 Å². The maximum atomic E-state index is 6.12. The summed E-state index contributed by atoms with van der Waals surface area (Å²) in [5.74, 6) is 0. The van der Waals surface area contributed by atoms with Crippen molar-refractivity contribution in [2.45, 2.75) is 19.5 Å². The molecule has 0 spiro atoms. The Balaban J connectivity index is 1.69. The van der Waals surface area contributed by atoms with Crippen LogP contribution in [-0.2, 0) is 13.1 Å². The summed E-state index contributed by atoms with van der Waals surface area (Å²) < 4.78 is 4.39. The third-order valence-electron chi connectivity index (χ3n) is 4.26. The molecule has 0 unspecified atom stereocenters. The Kier molecular flexibility index (Phi) is 5.51. The summed E-state index contributed by atoms with van der Waals surface area (Å²) >= 11 is 7.77. The van der Waals surface area contributed by atoms with Gasteiger partial charge in [0.1, 0.15) is 0 Å². The zero-order valence-corrected chi connectivity index (χ0v) is 16.3. The second-order valence-electron chi connectivity index (χ2n) is 6.17. The molecule has 0 aliphatic rings. The molecule has 4 aromatic rings. The van der Waals surface area contributed by atoms with Crippen molar-refractivity contribution in [3.8, 4) is 11.3 Å². The Labute approximate surface area is 167 Å². The van der Waals surface area contributed by atoms with Crippen LogP contribution < -0.4 is 4.80 Å². The Morgan fingerprint density at radius 2 is 1.93 bits per heavy atom. The molecule has 0 N–H and O–H groups in total. The molecule has 2 heterocycles. The number of hydrogen-bond acceptors (Lipinski definition) is 3. The molecule has 4 rings (SSSR count). The average molecular weight is 395 g/mol. The van der Waals surface area contributed by atoms with Gasteiger partial charge in [0.25, 0.3) is 0 Å². The second kappa shape index (κ2) is 8.37. The van der Waals surface area contributed by atoms with Gasteiger partial charge in [0.2, 0.25) is 0 Å². The van der Waals surface area contributed by atoms with Gasteiger partial charge in [-0.1, -0.05) is 48.0 Å². The van der Waals surface area contributed by atoms with Gasteiger partial charge in [0, 0.05) is 35.9 Å². The monoisotopic (exact) mass is 394 g/mol. The SMILES string of the molecule is Clc1cccc(N=c2scc(-c3ccccc3)n2CCCn2ccnc2)c1. The van der Waals surface area contributed by atoms with Crippen molar-refractivity contribution in [3.05, 3.63) is 88.5 Å². The molecule has 0 radical (unpaired) electrons. The minimum Gasteiger partial charge on any atom is -0.337 e. The van der Waals surface area contributed by atoms with Crippen LogP contribution in [0.4, 0.5) is 5.69 Å². The number of imidazole rings is 1. The first-order valence-electron chi connectivity index (χ1n) is 8.79. The number of nitrogens with zero attached hydrogens (tertiary/aromatic N) is 4. The summed E-state index contributed by atoms with van der Waals surface area (Å²) in [7, 11) is 0.